The summed E-state index contributed by atoms with van der Waals surface area (Å²) in [6, 6.07) is 0. The molecule has 0 bridgehead atoms. The lowest BCUT2D eigenvalue weighted by Gasteiger charge is -2.13. The summed E-state index contributed by atoms with van der Waals surface area (Å²) < 4.78 is 0. The minimum Gasteiger partial charge on any atom is -0.481 e. The Kier molecular flexibility index (Phi) is 11.0. The van der Waals surface area contributed by atoms with Crippen molar-refractivity contribution < 1.29 is 19.8 Å². The maximum atomic E-state index is 12.0. The lowest BCUT2D eigenvalue weighted by Crippen LogP contribution is -2.14. The first-order chi connectivity index (χ1) is 12.5. The number of aliphatic carboxylic acids is 1. The number of aliphatic hydroxyl groups is 1. The molecule has 142 valence electrons. The zero-order valence-electron chi connectivity index (χ0n) is 15.5. The maximum absolute atomic E-state index is 12.0. The van der Waals surface area contributed by atoms with Crippen LogP contribution in [0.4, 0.5) is 0 Å². The number of aliphatic hydroxyl groups excluding tert-OH is 1. The molecule has 0 spiro atoms. The molecule has 0 amide bonds. The first-order valence-corrected chi connectivity index (χ1v) is 9.29. The van der Waals surface area contributed by atoms with Gasteiger partial charge in [0, 0.05) is 18.3 Å². The van der Waals surface area contributed by atoms with Crippen molar-refractivity contribution >= 4 is 11.8 Å². The molecule has 0 saturated heterocycles. The number of carbonyl (C=O) groups is 2. The monoisotopic (exact) mass is 358 g/mol. The first-order valence-electron chi connectivity index (χ1n) is 9.29. The zero-order chi connectivity index (χ0) is 19.2. The van der Waals surface area contributed by atoms with Gasteiger partial charge in [0.15, 0.2) is 5.78 Å². The largest absolute Gasteiger partial charge is 0.481 e. The molecular formula is C22H30O4. The van der Waals surface area contributed by atoms with Gasteiger partial charge in [-0.1, -0.05) is 61.6 Å². The molecule has 2 N–H and O–H groups in total. The van der Waals surface area contributed by atoms with Gasteiger partial charge in [0.05, 0.1) is 6.10 Å². The fraction of sp³-hybridized carbons (Fsp3) is 0.455. The molecule has 0 unspecified atom stereocenters. The van der Waals surface area contributed by atoms with Crippen molar-refractivity contribution in [2.75, 3.05) is 0 Å². The van der Waals surface area contributed by atoms with Crippen LogP contribution in [0.2, 0.25) is 0 Å². The number of carbonyl (C=O) groups excluding carboxylic acids is 1. The summed E-state index contributed by atoms with van der Waals surface area (Å²) >= 11 is 0. The molecule has 4 nitrogen and oxygen atoms in total. The molecular weight excluding hydrogens is 328 g/mol. The smallest absolute Gasteiger partial charge is 0.303 e. The second-order valence-corrected chi connectivity index (χ2v) is 6.36. The first kappa shape index (κ1) is 21.8. The van der Waals surface area contributed by atoms with Gasteiger partial charge in [-0.25, -0.2) is 0 Å². The molecule has 0 saturated carbocycles. The summed E-state index contributed by atoms with van der Waals surface area (Å²) in [5, 5.41) is 18.1. The number of carboxylic acids is 1. The summed E-state index contributed by atoms with van der Waals surface area (Å²) in [4.78, 5) is 22.3. The Labute approximate surface area is 156 Å². The van der Waals surface area contributed by atoms with E-state index in [9.17, 15) is 14.7 Å². The molecule has 0 heterocycles. The summed E-state index contributed by atoms with van der Waals surface area (Å²) in [6.07, 6.45) is 22.6. The van der Waals surface area contributed by atoms with E-state index in [1.807, 2.05) is 43.4 Å². The van der Waals surface area contributed by atoms with Crippen molar-refractivity contribution in [3.63, 3.8) is 0 Å². The second kappa shape index (κ2) is 13.1. The van der Waals surface area contributed by atoms with Crippen molar-refractivity contribution in [3.8, 4) is 0 Å². The fourth-order valence-electron chi connectivity index (χ4n) is 2.63. The average molecular weight is 358 g/mol. The molecule has 0 aromatic carbocycles. The number of hydrogen-bond acceptors (Lipinski definition) is 3. The van der Waals surface area contributed by atoms with Crippen molar-refractivity contribution in [2.45, 2.75) is 51.6 Å². The molecule has 26 heavy (non-hydrogen) atoms. The Morgan fingerprint density at radius 1 is 1.15 bits per heavy atom. The molecule has 3 atom stereocenters. The maximum Gasteiger partial charge on any atom is 0.303 e. The van der Waals surface area contributed by atoms with E-state index in [-0.39, 0.29) is 24.0 Å². The van der Waals surface area contributed by atoms with Crippen LogP contribution in [0, 0.1) is 11.8 Å². The minimum absolute atomic E-state index is 0.0623. The predicted octanol–water partition coefficient (Wildman–Crippen LogP) is 4.39. The number of ketones is 1. The van der Waals surface area contributed by atoms with Crippen LogP contribution in [0.25, 0.3) is 0 Å². The predicted molar refractivity (Wildman–Crippen MR) is 105 cm³/mol. The van der Waals surface area contributed by atoms with Crippen molar-refractivity contribution in [1.82, 2.24) is 0 Å². The normalized spacial score (nSPS) is 21.8. The van der Waals surface area contributed by atoms with Crippen LogP contribution in [-0.2, 0) is 9.59 Å². The highest BCUT2D eigenvalue weighted by molar-refractivity contribution is 5.95. The minimum atomic E-state index is -0.773. The van der Waals surface area contributed by atoms with Gasteiger partial charge in [-0.2, -0.15) is 0 Å². The number of rotatable bonds is 12. The molecule has 0 aromatic heterocycles. The van der Waals surface area contributed by atoms with E-state index in [0.717, 1.165) is 12.8 Å². The molecule has 0 radical (unpaired) electrons. The Morgan fingerprint density at radius 2 is 1.81 bits per heavy atom. The quantitative estimate of drug-likeness (QED) is 0.507. The highest BCUT2D eigenvalue weighted by Crippen LogP contribution is 2.27. The van der Waals surface area contributed by atoms with Gasteiger partial charge >= 0.3 is 5.97 Å². The lowest BCUT2D eigenvalue weighted by molar-refractivity contribution is -0.136. The van der Waals surface area contributed by atoms with Crippen LogP contribution in [-0.4, -0.2) is 28.1 Å². The number of hydrogen-bond donors (Lipinski definition) is 2. The number of carboxylic acid groups (broad SMARTS) is 1. The Bertz CT molecular complexity index is 581. The van der Waals surface area contributed by atoms with Crippen LogP contribution in [0.3, 0.4) is 0 Å². The van der Waals surface area contributed by atoms with Crippen LogP contribution >= 0.6 is 0 Å². The molecule has 1 aliphatic rings. The van der Waals surface area contributed by atoms with Gasteiger partial charge in [0.1, 0.15) is 0 Å². The van der Waals surface area contributed by atoms with Crippen LogP contribution < -0.4 is 0 Å². The van der Waals surface area contributed by atoms with E-state index in [1.54, 1.807) is 12.2 Å². The summed E-state index contributed by atoms with van der Waals surface area (Å²) in [5.74, 6) is -0.615. The number of allylic oxidation sites excluding steroid dienone is 9. The standard InChI is InChI=1S/C22H30O4/c1-2-19(23)16-14-18-15-17-21(24)20(18)12-10-8-6-4-3-5-7-9-11-13-22(25)26/h3-4,7-10,14-20,23H,2,5-6,11-13H2,1H3,(H,25,26)/b4-3-,9-7-,10-8-,16-14+/t18-,19+,20+/m0/s1. The topological polar surface area (TPSA) is 74.6 Å². The SMILES string of the molecule is CC[C@@H](O)/C=C/[C@H]1C=CC(=O)[C@@H]1C/C=C\C/C=C\C/C=C\CCC(=O)O. The summed E-state index contributed by atoms with van der Waals surface area (Å²) in [6.45, 7) is 1.92. The summed E-state index contributed by atoms with van der Waals surface area (Å²) in [5.41, 5.74) is 0. The molecule has 0 aliphatic heterocycles. The van der Waals surface area contributed by atoms with Crippen LogP contribution in [0.1, 0.15) is 45.4 Å². The second-order valence-electron chi connectivity index (χ2n) is 6.36. The average Bonchev–Trinajstić information content (AvgIpc) is 2.97. The molecule has 4 heteroatoms. The van der Waals surface area contributed by atoms with Crippen LogP contribution in [0.15, 0.2) is 60.8 Å². The van der Waals surface area contributed by atoms with Gasteiger partial charge in [-0.3, -0.25) is 9.59 Å². The Balaban J connectivity index is 2.27. The van der Waals surface area contributed by atoms with Crippen molar-refractivity contribution in [3.05, 3.63) is 60.8 Å². The zero-order valence-corrected chi connectivity index (χ0v) is 15.5. The van der Waals surface area contributed by atoms with Gasteiger partial charge in [-0.15, -0.1) is 0 Å². The molecule has 1 aliphatic carbocycles. The third kappa shape index (κ3) is 9.33. The van der Waals surface area contributed by atoms with E-state index in [1.165, 1.54) is 0 Å². The van der Waals surface area contributed by atoms with Crippen molar-refractivity contribution in [2.24, 2.45) is 11.8 Å². The fourth-order valence-corrected chi connectivity index (χ4v) is 2.63. The van der Waals surface area contributed by atoms with Gasteiger partial charge in [0.25, 0.3) is 0 Å². The van der Waals surface area contributed by atoms with Crippen LogP contribution in [0.5, 0.6) is 0 Å². The van der Waals surface area contributed by atoms with E-state index in [2.05, 4.69) is 12.2 Å². The Morgan fingerprint density at radius 3 is 2.46 bits per heavy atom. The molecule has 0 aromatic rings. The Hall–Kier alpha value is -2.20. The third-order valence-electron chi connectivity index (χ3n) is 4.25. The van der Waals surface area contributed by atoms with Gasteiger partial charge in [0.2, 0.25) is 0 Å². The van der Waals surface area contributed by atoms with E-state index < -0.39 is 12.1 Å². The van der Waals surface area contributed by atoms with E-state index in [4.69, 9.17) is 5.11 Å². The van der Waals surface area contributed by atoms with Gasteiger partial charge < -0.3 is 10.2 Å². The summed E-state index contributed by atoms with van der Waals surface area (Å²) in [7, 11) is 0. The molecule has 1 rings (SSSR count). The van der Waals surface area contributed by atoms with E-state index in [0.29, 0.717) is 19.3 Å². The third-order valence-corrected chi connectivity index (χ3v) is 4.25. The lowest BCUT2D eigenvalue weighted by atomic mass is 9.90. The highest BCUT2D eigenvalue weighted by atomic mass is 16.4. The van der Waals surface area contributed by atoms with E-state index >= 15 is 0 Å². The van der Waals surface area contributed by atoms with Crippen molar-refractivity contribution in [1.29, 1.82) is 0 Å². The molecule has 0 fully saturated rings. The highest BCUT2D eigenvalue weighted by Gasteiger charge is 2.26. The van der Waals surface area contributed by atoms with Gasteiger partial charge in [-0.05, 0) is 38.2 Å².